The number of benzene rings is 1. The molecule has 5 heteroatoms. The number of nitriles is 1. The van der Waals surface area contributed by atoms with E-state index in [0.717, 1.165) is 11.0 Å². The number of hydrogen-bond donors (Lipinski definition) is 1. The van der Waals surface area contributed by atoms with Crippen molar-refractivity contribution in [3.05, 3.63) is 60.4 Å². The van der Waals surface area contributed by atoms with Crippen LogP contribution in [0.1, 0.15) is 5.56 Å². The van der Waals surface area contributed by atoms with Crippen molar-refractivity contribution in [2.75, 3.05) is 5.73 Å². The van der Waals surface area contributed by atoms with E-state index in [0.29, 0.717) is 28.3 Å². The molecule has 0 aliphatic rings. The molecule has 110 valence electrons. The van der Waals surface area contributed by atoms with Gasteiger partial charge < -0.3 is 14.6 Å². The molecule has 0 amide bonds. The summed E-state index contributed by atoms with van der Waals surface area (Å²) in [6.07, 6.45) is 1.56. The Morgan fingerprint density at radius 3 is 2.65 bits per heavy atom. The van der Waals surface area contributed by atoms with E-state index >= 15 is 0 Å². The molecule has 0 atom stereocenters. The molecule has 23 heavy (non-hydrogen) atoms. The molecule has 3 heterocycles. The summed E-state index contributed by atoms with van der Waals surface area (Å²) in [7, 11) is 0. The maximum atomic E-state index is 9.23. The van der Waals surface area contributed by atoms with Gasteiger partial charge in [0.2, 0.25) is 0 Å². The van der Waals surface area contributed by atoms with Gasteiger partial charge in [0.05, 0.1) is 11.8 Å². The molecular weight excluding hydrogens is 290 g/mol. The van der Waals surface area contributed by atoms with Crippen LogP contribution in [0.15, 0.2) is 63.6 Å². The smallest absolute Gasteiger partial charge is 0.153 e. The lowest BCUT2D eigenvalue weighted by atomic mass is 10.1. The summed E-state index contributed by atoms with van der Waals surface area (Å²) < 4.78 is 11.3. The molecule has 0 unspecified atom stereocenters. The summed E-state index contributed by atoms with van der Waals surface area (Å²) in [6, 6.07) is 16.9. The Bertz CT molecular complexity index is 1010. The lowest BCUT2D eigenvalue weighted by Crippen LogP contribution is -1.98. The maximum Gasteiger partial charge on any atom is 0.153 e. The first-order chi connectivity index (χ1) is 11.3. The Balaban J connectivity index is 2.01. The number of furan rings is 2. The van der Waals surface area contributed by atoms with E-state index in [1.807, 2.05) is 30.3 Å². The minimum Gasteiger partial charge on any atom is -0.463 e. The SMILES string of the molecule is N#Cc1cc(-c2cc3ccccc3o2)c(-c2ccco2)nc1N. The van der Waals surface area contributed by atoms with Crippen molar-refractivity contribution >= 4 is 16.8 Å². The van der Waals surface area contributed by atoms with Crippen molar-refractivity contribution in [2.45, 2.75) is 0 Å². The number of anilines is 1. The summed E-state index contributed by atoms with van der Waals surface area (Å²) in [5.74, 6) is 1.34. The summed E-state index contributed by atoms with van der Waals surface area (Å²) >= 11 is 0. The molecule has 0 saturated heterocycles. The molecule has 0 spiro atoms. The monoisotopic (exact) mass is 301 g/mol. The van der Waals surface area contributed by atoms with Gasteiger partial charge in [-0.1, -0.05) is 18.2 Å². The molecular formula is C18H11N3O2. The Hall–Kier alpha value is -3.52. The molecule has 4 rings (SSSR count). The lowest BCUT2D eigenvalue weighted by Gasteiger charge is -2.07. The normalized spacial score (nSPS) is 10.7. The third-order valence-electron chi connectivity index (χ3n) is 3.62. The molecule has 2 N–H and O–H groups in total. The van der Waals surface area contributed by atoms with Crippen molar-refractivity contribution in [3.63, 3.8) is 0 Å². The van der Waals surface area contributed by atoms with Crippen LogP contribution in [0.25, 0.3) is 33.7 Å². The minimum atomic E-state index is 0.166. The van der Waals surface area contributed by atoms with Gasteiger partial charge in [-0.3, -0.25) is 0 Å². The van der Waals surface area contributed by atoms with E-state index in [-0.39, 0.29) is 5.82 Å². The first-order valence-corrected chi connectivity index (χ1v) is 6.99. The molecule has 0 fully saturated rings. The fourth-order valence-corrected chi connectivity index (χ4v) is 2.52. The van der Waals surface area contributed by atoms with E-state index in [1.54, 1.807) is 24.5 Å². The Morgan fingerprint density at radius 1 is 1.04 bits per heavy atom. The number of nitrogens with zero attached hydrogens (tertiary/aromatic N) is 2. The first-order valence-electron chi connectivity index (χ1n) is 6.99. The maximum absolute atomic E-state index is 9.23. The van der Waals surface area contributed by atoms with Gasteiger partial charge in [0.25, 0.3) is 0 Å². The molecule has 0 saturated carbocycles. The van der Waals surface area contributed by atoms with Crippen LogP contribution in [0.4, 0.5) is 5.82 Å². The molecule has 0 aliphatic carbocycles. The number of pyridine rings is 1. The fourth-order valence-electron chi connectivity index (χ4n) is 2.52. The third kappa shape index (κ3) is 2.14. The molecule has 0 bridgehead atoms. The van der Waals surface area contributed by atoms with Crippen LogP contribution in [0.2, 0.25) is 0 Å². The van der Waals surface area contributed by atoms with Gasteiger partial charge in [-0.2, -0.15) is 5.26 Å². The first kappa shape index (κ1) is 13.2. The van der Waals surface area contributed by atoms with E-state index in [1.165, 1.54) is 0 Å². The highest BCUT2D eigenvalue weighted by Gasteiger charge is 2.18. The van der Waals surface area contributed by atoms with Crippen LogP contribution < -0.4 is 5.73 Å². The molecule has 0 aliphatic heterocycles. The summed E-state index contributed by atoms with van der Waals surface area (Å²) in [4.78, 5) is 4.33. The highest BCUT2D eigenvalue weighted by atomic mass is 16.3. The van der Waals surface area contributed by atoms with Gasteiger partial charge in [0, 0.05) is 10.9 Å². The van der Waals surface area contributed by atoms with Crippen molar-refractivity contribution in [1.29, 1.82) is 5.26 Å². The molecule has 5 nitrogen and oxygen atoms in total. The topological polar surface area (TPSA) is 89.0 Å². The minimum absolute atomic E-state index is 0.166. The van der Waals surface area contributed by atoms with Crippen LogP contribution in [-0.2, 0) is 0 Å². The second kappa shape index (κ2) is 5.04. The van der Waals surface area contributed by atoms with Crippen LogP contribution in [-0.4, -0.2) is 4.98 Å². The van der Waals surface area contributed by atoms with Crippen LogP contribution >= 0.6 is 0 Å². The fraction of sp³-hybridized carbons (Fsp3) is 0. The number of nitrogens with two attached hydrogens (primary N) is 1. The van der Waals surface area contributed by atoms with Gasteiger partial charge in [-0.25, -0.2) is 4.98 Å². The Kier molecular flexibility index (Phi) is 2.88. The molecule has 1 aromatic carbocycles. The predicted octanol–water partition coefficient (Wildman–Crippen LogP) is 4.21. The molecule has 0 radical (unpaired) electrons. The highest BCUT2D eigenvalue weighted by Crippen LogP contribution is 2.36. The van der Waals surface area contributed by atoms with Crippen molar-refractivity contribution in [1.82, 2.24) is 4.98 Å². The zero-order valence-corrected chi connectivity index (χ0v) is 12.0. The summed E-state index contributed by atoms with van der Waals surface area (Å²) in [5, 5.41) is 10.2. The van der Waals surface area contributed by atoms with Crippen LogP contribution in [0.3, 0.4) is 0 Å². The number of nitrogen functional groups attached to an aromatic ring is 1. The van der Waals surface area contributed by atoms with E-state index in [2.05, 4.69) is 11.1 Å². The third-order valence-corrected chi connectivity index (χ3v) is 3.62. The largest absolute Gasteiger partial charge is 0.463 e. The Labute approximate surface area is 131 Å². The number of fused-ring (bicyclic) bond motifs is 1. The standard InChI is InChI=1S/C18H11N3O2/c19-10-12-8-13(16-9-11-4-1-2-5-14(11)23-16)17(21-18(12)20)15-6-3-7-22-15/h1-9H,(H2,20,21). The molecule has 4 aromatic rings. The van der Waals surface area contributed by atoms with Crippen LogP contribution in [0, 0.1) is 11.3 Å². The molecule has 3 aromatic heterocycles. The van der Waals surface area contributed by atoms with Gasteiger partial charge in [0.15, 0.2) is 5.76 Å². The zero-order valence-electron chi connectivity index (χ0n) is 12.0. The average molecular weight is 301 g/mol. The number of para-hydroxylation sites is 1. The summed E-state index contributed by atoms with van der Waals surface area (Å²) in [5.41, 5.74) is 8.14. The highest BCUT2D eigenvalue weighted by molar-refractivity contribution is 5.87. The predicted molar refractivity (Wildman–Crippen MR) is 86.3 cm³/mol. The van der Waals surface area contributed by atoms with E-state index in [4.69, 9.17) is 14.6 Å². The van der Waals surface area contributed by atoms with Crippen molar-refractivity contribution in [2.24, 2.45) is 0 Å². The second-order valence-corrected chi connectivity index (χ2v) is 5.05. The number of aromatic nitrogens is 1. The number of hydrogen-bond acceptors (Lipinski definition) is 5. The van der Waals surface area contributed by atoms with Gasteiger partial charge in [-0.15, -0.1) is 0 Å². The average Bonchev–Trinajstić information content (AvgIpc) is 3.23. The Morgan fingerprint density at radius 2 is 1.91 bits per heavy atom. The van der Waals surface area contributed by atoms with Crippen molar-refractivity contribution in [3.8, 4) is 28.8 Å². The van der Waals surface area contributed by atoms with Gasteiger partial charge in [0.1, 0.15) is 28.9 Å². The quantitative estimate of drug-likeness (QED) is 0.599. The van der Waals surface area contributed by atoms with Crippen LogP contribution in [0.5, 0.6) is 0 Å². The lowest BCUT2D eigenvalue weighted by molar-refractivity contribution is 0.579. The number of rotatable bonds is 2. The van der Waals surface area contributed by atoms with Gasteiger partial charge >= 0.3 is 0 Å². The zero-order chi connectivity index (χ0) is 15.8. The van der Waals surface area contributed by atoms with E-state index < -0.39 is 0 Å². The summed E-state index contributed by atoms with van der Waals surface area (Å²) in [6.45, 7) is 0. The van der Waals surface area contributed by atoms with E-state index in [9.17, 15) is 5.26 Å². The van der Waals surface area contributed by atoms with Gasteiger partial charge in [-0.05, 0) is 30.3 Å². The second-order valence-electron chi connectivity index (χ2n) is 5.05. The van der Waals surface area contributed by atoms with Crippen molar-refractivity contribution < 1.29 is 8.83 Å².